The molecule has 3 rings (SSSR count). The molecule has 7 heteroatoms. The lowest BCUT2D eigenvalue weighted by atomic mass is 9.93. The number of anilines is 2. The van der Waals surface area contributed by atoms with E-state index in [1.165, 1.54) is 0 Å². The Labute approximate surface area is 144 Å². The van der Waals surface area contributed by atoms with Crippen molar-refractivity contribution in [3.05, 3.63) is 35.5 Å². The first-order valence-electron chi connectivity index (χ1n) is 7.60. The first-order chi connectivity index (χ1) is 11.1. The minimum absolute atomic E-state index is 0.206. The Morgan fingerprint density at radius 2 is 2.04 bits per heavy atom. The fraction of sp³-hybridized carbons (Fsp3) is 0.375. The highest BCUT2D eigenvalue weighted by molar-refractivity contribution is 7.99. The molecule has 4 N–H and O–H groups in total. The molecular weight excluding hydrogens is 332 g/mol. The third-order valence-electron chi connectivity index (χ3n) is 3.80. The maximum absolute atomic E-state index is 9.83. The van der Waals surface area contributed by atoms with Crippen molar-refractivity contribution in [2.24, 2.45) is 0 Å². The lowest BCUT2D eigenvalue weighted by Gasteiger charge is -2.27. The van der Waals surface area contributed by atoms with E-state index in [-0.39, 0.29) is 18.1 Å². The Balaban J connectivity index is 1.78. The summed E-state index contributed by atoms with van der Waals surface area (Å²) in [5, 5.41) is 13.9. The Morgan fingerprint density at radius 3 is 2.78 bits per heavy atom. The molecule has 1 heterocycles. The van der Waals surface area contributed by atoms with Gasteiger partial charge in [0.05, 0.1) is 11.0 Å². The molecule has 1 aromatic carbocycles. The topological polar surface area (TPSA) is 84.1 Å². The number of benzene rings is 1. The van der Waals surface area contributed by atoms with Gasteiger partial charge in [0.25, 0.3) is 0 Å². The van der Waals surface area contributed by atoms with Gasteiger partial charge in [-0.1, -0.05) is 23.4 Å². The van der Waals surface area contributed by atoms with E-state index >= 15 is 0 Å². The van der Waals surface area contributed by atoms with Crippen LogP contribution in [0.2, 0.25) is 5.02 Å². The van der Waals surface area contributed by atoms with Crippen LogP contribution in [0, 0.1) is 0 Å². The molecule has 122 valence electrons. The summed E-state index contributed by atoms with van der Waals surface area (Å²) in [7, 11) is 0. The monoisotopic (exact) mass is 350 g/mol. The molecule has 5 nitrogen and oxygen atoms in total. The summed E-state index contributed by atoms with van der Waals surface area (Å²) in [4.78, 5) is 10.4. The third kappa shape index (κ3) is 4.50. The number of nitrogens with zero attached hydrogens (tertiary/aromatic N) is 2. The minimum Gasteiger partial charge on any atom is -0.393 e. The van der Waals surface area contributed by atoms with Gasteiger partial charge >= 0.3 is 0 Å². The summed E-state index contributed by atoms with van der Waals surface area (Å²) in [6, 6.07) is 7.83. The standard InChI is InChI=1S/C16H19ClN4OS/c17-10-4-6-13(7-5-10)23-14-9-19-16(18)21-15(14)20-11-2-1-3-12(22)8-11/h4-7,9,11-12,22H,1-3,8H2,(H3,18,19,20,21). The first-order valence-corrected chi connectivity index (χ1v) is 8.80. The van der Waals surface area contributed by atoms with Crippen LogP contribution in [0.3, 0.4) is 0 Å². The largest absolute Gasteiger partial charge is 0.393 e. The zero-order chi connectivity index (χ0) is 16.2. The van der Waals surface area contributed by atoms with E-state index in [0.29, 0.717) is 5.02 Å². The van der Waals surface area contributed by atoms with Crippen LogP contribution in [-0.2, 0) is 0 Å². The summed E-state index contributed by atoms with van der Waals surface area (Å²) in [6.45, 7) is 0. The van der Waals surface area contributed by atoms with Gasteiger partial charge in [0.15, 0.2) is 0 Å². The Morgan fingerprint density at radius 1 is 1.26 bits per heavy atom. The van der Waals surface area contributed by atoms with E-state index in [1.54, 1.807) is 18.0 Å². The van der Waals surface area contributed by atoms with Gasteiger partial charge in [-0.15, -0.1) is 0 Å². The molecule has 23 heavy (non-hydrogen) atoms. The molecule has 2 unspecified atom stereocenters. The zero-order valence-corrected chi connectivity index (χ0v) is 14.1. The predicted octanol–water partition coefficient (Wildman–Crippen LogP) is 3.58. The van der Waals surface area contributed by atoms with Gasteiger partial charge in [-0.3, -0.25) is 0 Å². The molecule has 1 aromatic heterocycles. The van der Waals surface area contributed by atoms with Crippen molar-refractivity contribution in [2.75, 3.05) is 11.1 Å². The van der Waals surface area contributed by atoms with Crippen LogP contribution in [0.5, 0.6) is 0 Å². The molecule has 1 aliphatic carbocycles. The number of hydrogen-bond acceptors (Lipinski definition) is 6. The van der Waals surface area contributed by atoms with Gasteiger partial charge in [-0.25, -0.2) is 4.98 Å². The zero-order valence-electron chi connectivity index (χ0n) is 12.6. The number of nitrogens with two attached hydrogens (primary N) is 1. The number of nitrogen functional groups attached to an aromatic ring is 1. The number of halogens is 1. The lowest BCUT2D eigenvalue weighted by molar-refractivity contribution is 0.124. The molecule has 2 atom stereocenters. The maximum Gasteiger partial charge on any atom is 0.221 e. The lowest BCUT2D eigenvalue weighted by Crippen LogP contribution is -2.30. The van der Waals surface area contributed by atoms with Crippen molar-refractivity contribution in [3.63, 3.8) is 0 Å². The molecule has 0 saturated heterocycles. The van der Waals surface area contributed by atoms with Crippen LogP contribution in [0.25, 0.3) is 0 Å². The molecular formula is C16H19ClN4OS. The molecule has 0 amide bonds. The highest BCUT2D eigenvalue weighted by Crippen LogP contribution is 2.34. The number of rotatable bonds is 4. The second-order valence-corrected chi connectivity index (χ2v) is 7.21. The summed E-state index contributed by atoms with van der Waals surface area (Å²) < 4.78 is 0. The minimum atomic E-state index is -0.243. The fourth-order valence-electron chi connectivity index (χ4n) is 2.68. The van der Waals surface area contributed by atoms with Gasteiger partial charge in [-0.05, 0) is 49.9 Å². The van der Waals surface area contributed by atoms with E-state index in [2.05, 4.69) is 15.3 Å². The number of aliphatic hydroxyl groups excluding tert-OH is 1. The van der Waals surface area contributed by atoms with Crippen molar-refractivity contribution in [1.82, 2.24) is 9.97 Å². The van der Waals surface area contributed by atoms with Crippen LogP contribution in [0.4, 0.5) is 11.8 Å². The van der Waals surface area contributed by atoms with Gasteiger partial charge in [0.2, 0.25) is 5.95 Å². The Hall–Kier alpha value is -1.50. The van der Waals surface area contributed by atoms with Crippen LogP contribution >= 0.6 is 23.4 Å². The molecule has 1 aliphatic rings. The average molecular weight is 351 g/mol. The van der Waals surface area contributed by atoms with Crippen molar-refractivity contribution in [3.8, 4) is 0 Å². The molecule has 0 bridgehead atoms. The molecule has 1 fully saturated rings. The summed E-state index contributed by atoms with van der Waals surface area (Å²) in [5.41, 5.74) is 5.73. The maximum atomic E-state index is 9.83. The van der Waals surface area contributed by atoms with Crippen molar-refractivity contribution >= 4 is 35.1 Å². The van der Waals surface area contributed by atoms with Crippen molar-refractivity contribution in [1.29, 1.82) is 0 Å². The summed E-state index contributed by atoms with van der Waals surface area (Å²) in [6.07, 6.45) is 5.12. The van der Waals surface area contributed by atoms with Gasteiger partial charge < -0.3 is 16.2 Å². The highest BCUT2D eigenvalue weighted by Gasteiger charge is 2.21. The molecule has 2 aromatic rings. The number of nitrogens with one attached hydrogen (secondary N) is 1. The highest BCUT2D eigenvalue weighted by atomic mass is 35.5. The summed E-state index contributed by atoms with van der Waals surface area (Å²) >= 11 is 7.48. The van der Waals surface area contributed by atoms with E-state index < -0.39 is 0 Å². The molecule has 0 aliphatic heterocycles. The van der Waals surface area contributed by atoms with Crippen LogP contribution < -0.4 is 11.1 Å². The first kappa shape index (κ1) is 16.4. The second-order valence-electron chi connectivity index (χ2n) is 5.66. The number of aromatic nitrogens is 2. The normalized spacial score (nSPS) is 21.1. The van der Waals surface area contributed by atoms with Crippen molar-refractivity contribution in [2.45, 2.75) is 47.6 Å². The van der Waals surface area contributed by atoms with Crippen molar-refractivity contribution < 1.29 is 5.11 Å². The van der Waals surface area contributed by atoms with Gasteiger partial charge in [0, 0.05) is 22.2 Å². The second kappa shape index (κ2) is 7.38. The quantitative estimate of drug-likeness (QED) is 0.781. The molecule has 0 spiro atoms. The summed E-state index contributed by atoms with van der Waals surface area (Å²) in [5.74, 6) is 0.959. The van der Waals surface area contributed by atoms with Crippen LogP contribution in [0.1, 0.15) is 25.7 Å². The van der Waals surface area contributed by atoms with Crippen LogP contribution in [-0.4, -0.2) is 27.2 Å². The molecule has 1 saturated carbocycles. The van der Waals surface area contributed by atoms with E-state index in [0.717, 1.165) is 41.3 Å². The Kier molecular flexibility index (Phi) is 5.25. The average Bonchev–Trinajstić information content (AvgIpc) is 2.52. The molecule has 0 radical (unpaired) electrons. The van der Waals surface area contributed by atoms with E-state index in [4.69, 9.17) is 17.3 Å². The third-order valence-corrected chi connectivity index (χ3v) is 5.08. The predicted molar refractivity (Wildman–Crippen MR) is 93.9 cm³/mol. The van der Waals surface area contributed by atoms with Gasteiger partial charge in [-0.2, -0.15) is 4.98 Å². The SMILES string of the molecule is Nc1ncc(Sc2ccc(Cl)cc2)c(NC2CCCC(O)C2)n1. The van der Waals surface area contributed by atoms with Gasteiger partial charge in [0.1, 0.15) is 5.82 Å². The van der Waals surface area contributed by atoms with E-state index in [1.807, 2.05) is 24.3 Å². The van der Waals surface area contributed by atoms with Crippen LogP contribution in [0.15, 0.2) is 40.3 Å². The Bertz CT molecular complexity index is 668. The number of aliphatic hydroxyl groups is 1. The van der Waals surface area contributed by atoms with E-state index in [9.17, 15) is 5.11 Å². The fourth-order valence-corrected chi connectivity index (χ4v) is 3.64. The smallest absolute Gasteiger partial charge is 0.221 e. The number of hydrogen-bond donors (Lipinski definition) is 3.